The van der Waals surface area contributed by atoms with Crippen LogP contribution in [0, 0.1) is 11.3 Å². The third kappa shape index (κ3) is 5.33. The third-order valence-corrected chi connectivity index (χ3v) is 7.75. The molecule has 0 aliphatic carbocycles. The van der Waals surface area contributed by atoms with Gasteiger partial charge in [0.2, 0.25) is 0 Å². The molecule has 2 N–H and O–H groups in total. The van der Waals surface area contributed by atoms with Crippen LogP contribution >= 0.6 is 39.0 Å². The van der Waals surface area contributed by atoms with Crippen molar-refractivity contribution in [1.82, 2.24) is 5.32 Å². The van der Waals surface area contributed by atoms with Gasteiger partial charge in [0, 0.05) is 31.9 Å². The average molecular weight is 551 g/mol. The van der Waals surface area contributed by atoms with E-state index in [4.69, 9.17) is 0 Å². The molecule has 2 aromatic carbocycles. The highest BCUT2D eigenvalue weighted by Gasteiger charge is 2.35. The molecule has 0 fully saturated rings. The van der Waals surface area contributed by atoms with E-state index in [0.29, 0.717) is 33.1 Å². The Morgan fingerprint density at radius 1 is 1.12 bits per heavy atom. The molecule has 4 rings (SSSR count). The van der Waals surface area contributed by atoms with E-state index in [-0.39, 0.29) is 17.4 Å². The van der Waals surface area contributed by atoms with E-state index < -0.39 is 5.92 Å². The number of nitriles is 1. The van der Waals surface area contributed by atoms with Crippen LogP contribution in [-0.4, -0.2) is 17.4 Å². The minimum atomic E-state index is -0.514. The number of anilines is 1. The van der Waals surface area contributed by atoms with Crippen molar-refractivity contribution in [2.75, 3.05) is 11.1 Å². The Labute approximate surface area is 214 Å². The summed E-state index contributed by atoms with van der Waals surface area (Å²) in [5.41, 5.74) is 2.87. The lowest BCUT2D eigenvalue weighted by atomic mass is 9.86. The normalized spacial score (nSPS) is 15.5. The molecule has 0 bridgehead atoms. The molecule has 8 heteroatoms. The summed E-state index contributed by atoms with van der Waals surface area (Å²) in [5.74, 6) is -0.644. The molecule has 0 saturated heterocycles. The number of thioether (sulfide) groups is 1. The van der Waals surface area contributed by atoms with E-state index >= 15 is 0 Å². The van der Waals surface area contributed by atoms with E-state index in [1.807, 2.05) is 66.9 Å². The van der Waals surface area contributed by atoms with Crippen molar-refractivity contribution in [2.24, 2.45) is 0 Å². The van der Waals surface area contributed by atoms with Gasteiger partial charge in [0.25, 0.3) is 5.91 Å². The largest absolute Gasteiger partial charge is 0.353 e. The Hall–Kier alpha value is -3.12. The van der Waals surface area contributed by atoms with E-state index in [1.54, 1.807) is 12.1 Å². The lowest BCUT2D eigenvalue weighted by Crippen LogP contribution is -2.30. The fourth-order valence-electron chi connectivity index (χ4n) is 3.64. The molecule has 1 aromatic heterocycles. The second-order valence-corrected chi connectivity index (χ2v) is 10.4. The van der Waals surface area contributed by atoms with Crippen molar-refractivity contribution in [2.45, 2.75) is 12.8 Å². The van der Waals surface area contributed by atoms with Crippen molar-refractivity contribution in [1.29, 1.82) is 5.26 Å². The highest BCUT2D eigenvalue weighted by atomic mass is 79.9. The van der Waals surface area contributed by atoms with Crippen molar-refractivity contribution in [3.63, 3.8) is 0 Å². The standard InChI is InChI=1S/C26H20BrN3O2S2/c1-16-23(25(32)30-19-6-3-2-4-7-19)24(22-8-5-13-33-22)20(14-28)26(29-16)34-15-21(31)17-9-11-18(27)12-10-17/h2-13,24,29H,15H2,1H3,(H,30,32)/t24-/m0/s1. The van der Waals surface area contributed by atoms with E-state index in [9.17, 15) is 14.9 Å². The van der Waals surface area contributed by atoms with E-state index in [2.05, 4.69) is 32.6 Å². The van der Waals surface area contributed by atoms with Gasteiger partial charge in [-0.2, -0.15) is 5.26 Å². The predicted molar refractivity (Wildman–Crippen MR) is 142 cm³/mol. The van der Waals surface area contributed by atoms with Crippen LogP contribution in [0.25, 0.3) is 0 Å². The van der Waals surface area contributed by atoms with E-state index in [0.717, 1.165) is 9.35 Å². The number of thiophene rings is 1. The van der Waals surface area contributed by atoms with Gasteiger partial charge in [-0.1, -0.05) is 64.1 Å². The van der Waals surface area contributed by atoms with Crippen molar-refractivity contribution >= 4 is 56.4 Å². The summed E-state index contributed by atoms with van der Waals surface area (Å²) in [6, 6.07) is 22.6. The number of hydrogen-bond donors (Lipinski definition) is 2. The molecule has 1 aliphatic rings. The first kappa shape index (κ1) is 24.0. The zero-order valence-corrected chi connectivity index (χ0v) is 21.4. The number of dihydropyridines is 1. The van der Waals surface area contributed by atoms with Crippen LogP contribution in [0.2, 0.25) is 0 Å². The minimum absolute atomic E-state index is 0.0361. The zero-order chi connectivity index (χ0) is 24.1. The quantitative estimate of drug-likeness (QED) is 0.330. The summed E-state index contributed by atoms with van der Waals surface area (Å²) in [7, 11) is 0. The molecule has 3 aromatic rings. The summed E-state index contributed by atoms with van der Waals surface area (Å²) < 4.78 is 0.904. The number of Topliss-reactive ketones (excluding diaryl/α,β-unsaturated/α-hetero) is 1. The first-order chi connectivity index (χ1) is 16.5. The van der Waals surface area contributed by atoms with Crippen LogP contribution in [0.5, 0.6) is 0 Å². The highest BCUT2D eigenvalue weighted by molar-refractivity contribution is 9.10. The fourth-order valence-corrected chi connectivity index (χ4v) is 5.74. The summed E-state index contributed by atoms with van der Waals surface area (Å²) in [6.45, 7) is 1.83. The number of carbonyl (C=O) groups excluding carboxylic acids is 2. The van der Waals surface area contributed by atoms with Crippen LogP contribution < -0.4 is 10.6 Å². The lowest BCUT2D eigenvalue weighted by molar-refractivity contribution is -0.113. The van der Waals surface area contributed by atoms with Gasteiger partial charge in [-0.05, 0) is 42.6 Å². The number of rotatable bonds is 7. The Balaban J connectivity index is 1.63. The molecule has 170 valence electrons. The number of amides is 1. The molecule has 0 saturated carbocycles. The molecule has 1 amide bonds. The number of halogens is 1. The first-order valence-electron chi connectivity index (χ1n) is 10.4. The molecule has 0 radical (unpaired) electrons. The van der Waals surface area contributed by atoms with Gasteiger partial charge in [-0.25, -0.2) is 0 Å². The molecular formula is C26H20BrN3O2S2. The molecule has 0 spiro atoms. The molecule has 2 heterocycles. The maximum Gasteiger partial charge on any atom is 0.254 e. The second kappa shape index (κ2) is 10.9. The van der Waals surface area contributed by atoms with E-state index in [1.165, 1.54) is 23.1 Å². The maximum absolute atomic E-state index is 13.3. The maximum atomic E-state index is 13.3. The SMILES string of the molecule is CC1=C(C(=O)Nc2ccccc2)[C@H](c2cccs2)C(C#N)=C(SCC(=O)c2ccc(Br)cc2)N1. The second-order valence-electron chi connectivity index (χ2n) is 7.51. The summed E-state index contributed by atoms with van der Waals surface area (Å²) in [5, 5.41) is 18.8. The number of para-hydroxylation sites is 1. The fraction of sp³-hybridized carbons (Fsp3) is 0.115. The zero-order valence-electron chi connectivity index (χ0n) is 18.2. The number of allylic oxidation sites excluding steroid dienone is 2. The molecule has 5 nitrogen and oxygen atoms in total. The van der Waals surface area contributed by atoms with Gasteiger partial charge < -0.3 is 10.6 Å². The molecule has 34 heavy (non-hydrogen) atoms. The lowest BCUT2D eigenvalue weighted by Gasteiger charge is -2.29. The van der Waals surface area contributed by atoms with Crippen molar-refractivity contribution in [3.05, 3.63) is 109 Å². The number of ketones is 1. The van der Waals surface area contributed by atoms with Crippen LogP contribution in [0.3, 0.4) is 0 Å². The van der Waals surface area contributed by atoms with Gasteiger partial charge in [0.1, 0.15) is 0 Å². The average Bonchev–Trinajstić information content (AvgIpc) is 3.37. The van der Waals surface area contributed by atoms with Crippen molar-refractivity contribution < 1.29 is 9.59 Å². The van der Waals surface area contributed by atoms with Gasteiger partial charge >= 0.3 is 0 Å². The number of carbonyl (C=O) groups is 2. The van der Waals surface area contributed by atoms with Crippen molar-refractivity contribution in [3.8, 4) is 6.07 Å². The molecule has 1 atom stereocenters. The van der Waals surface area contributed by atoms with Crippen LogP contribution in [0.4, 0.5) is 5.69 Å². The number of benzene rings is 2. The van der Waals surface area contributed by atoms with Crippen LogP contribution in [0.15, 0.2) is 98.5 Å². The molecule has 0 unspecified atom stereocenters. The topological polar surface area (TPSA) is 82.0 Å². The highest BCUT2D eigenvalue weighted by Crippen LogP contribution is 2.42. The van der Waals surface area contributed by atoms with Crippen LogP contribution in [0.1, 0.15) is 28.1 Å². The van der Waals surface area contributed by atoms with Gasteiger partial charge in [-0.3, -0.25) is 9.59 Å². The third-order valence-electron chi connectivity index (χ3n) is 5.27. The Bertz CT molecular complexity index is 1310. The number of nitrogens with zero attached hydrogens (tertiary/aromatic N) is 1. The Kier molecular flexibility index (Phi) is 7.68. The number of nitrogens with one attached hydrogen (secondary N) is 2. The Morgan fingerprint density at radius 3 is 2.50 bits per heavy atom. The summed E-state index contributed by atoms with van der Waals surface area (Å²) in [6.07, 6.45) is 0. The van der Waals surface area contributed by atoms with Crippen LogP contribution in [-0.2, 0) is 4.79 Å². The first-order valence-corrected chi connectivity index (χ1v) is 13.1. The summed E-state index contributed by atoms with van der Waals surface area (Å²) in [4.78, 5) is 26.9. The molecule has 1 aliphatic heterocycles. The smallest absolute Gasteiger partial charge is 0.254 e. The monoisotopic (exact) mass is 549 g/mol. The predicted octanol–water partition coefficient (Wildman–Crippen LogP) is 6.46. The van der Waals surface area contributed by atoms with Gasteiger partial charge in [-0.15, -0.1) is 11.3 Å². The Morgan fingerprint density at radius 2 is 1.85 bits per heavy atom. The summed E-state index contributed by atoms with van der Waals surface area (Å²) >= 11 is 6.15. The molecular weight excluding hydrogens is 530 g/mol. The van der Waals surface area contributed by atoms with Gasteiger partial charge in [0.05, 0.1) is 28.3 Å². The minimum Gasteiger partial charge on any atom is -0.353 e. The number of hydrogen-bond acceptors (Lipinski definition) is 6. The van der Waals surface area contributed by atoms with Gasteiger partial charge in [0.15, 0.2) is 5.78 Å².